The zero-order valence-electron chi connectivity index (χ0n) is 14.9. The van der Waals surface area contributed by atoms with Crippen LogP contribution in [0.5, 0.6) is 0 Å². The SMILES string of the molecule is COC1=C(OC)C(=O)C(C(C)(C)CC(=O)ON2C(=O)CCC2=O)=CC1=O. The van der Waals surface area contributed by atoms with Crippen LogP contribution in [0.3, 0.4) is 0 Å². The Morgan fingerprint density at radius 2 is 1.58 bits per heavy atom. The van der Waals surface area contributed by atoms with Crippen molar-refractivity contribution in [3.63, 3.8) is 0 Å². The summed E-state index contributed by atoms with van der Waals surface area (Å²) in [5.74, 6) is -3.69. The Hall–Kier alpha value is -2.97. The van der Waals surface area contributed by atoms with Crippen LogP contribution in [0.25, 0.3) is 0 Å². The third-order valence-electron chi connectivity index (χ3n) is 4.08. The molecule has 1 heterocycles. The second-order valence-corrected chi connectivity index (χ2v) is 6.42. The lowest BCUT2D eigenvalue weighted by atomic mass is 9.76. The molecule has 0 aromatic rings. The molecule has 0 atom stereocenters. The smallest absolute Gasteiger partial charge is 0.334 e. The molecule has 0 radical (unpaired) electrons. The standard InChI is InChI=1S/C17H19NO8/c1-17(2,8-13(22)26-18-11(20)5-6-12(18)21)9-7-10(19)15(24-3)16(25-4)14(9)23/h7H,5-6,8H2,1-4H3. The summed E-state index contributed by atoms with van der Waals surface area (Å²) in [6.07, 6.45) is 0.711. The molecule has 1 fully saturated rings. The van der Waals surface area contributed by atoms with Crippen molar-refractivity contribution in [3.8, 4) is 0 Å². The van der Waals surface area contributed by atoms with Gasteiger partial charge in [-0.05, 0) is 6.08 Å². The number of carbonyl (C=O) groups excluding carboxylic acids is 5. The van der Waals surface area contributed by atoms with Crippen LogP contribution < -0.4 is 0 Å². The average Bonchev–Trinajstić information content (AvgIpc) is 2.87. The molecule has 2 rings (SSSR count). The predicted octanol–water partition coefficient (Wildman–Crippen LogP) is 0.592. The van der Waals surface area contributed by atoms with Crippen molar-refractivity contribution in [2.24, 2.45) is 5.41 Å². The first-order valence-corrected chi connectivity index (χ1v) is 7.82. The average molecular weight is 365 g/mol. The lowest BCUT2D eigenvalue weighted by Gasteiger charge is -2.29. The van der Waals surface area contributed by atoms with E-state index in [2.05, 4.69) is 0 Å². The second kappa shape index (κ2) is 7.11. The van der Waals surface area contributed by atoms with Crippen LogP contribution in [0.15, 0.2) is 23.2 Å². The molecule has 2 aliphatic rings. The van der Waals surface area contributed by atoms with E-state index in [1.54, 1.807) is 13.8 Å². The summed E-state index contributed by atoms with van der Waals surface area (Å²) in [7, 11) is 2.47. The van der Waals surface area contributed by atoms with Crippen molar-refractivity contribution in [2.75, 3.05) is 14.2 Å². The molecule has 1 saturated heterocycles. The maximum absolute atomic E-state index is 12.6. The lowest BCUT2D eigenvalue weighted by Crippen LogP contribution is -2.36. The van der Waals surface area contributed by atoms with E-state index in [9.17, 15) is 24.0 Å². The number of hydroxylamine groups is 2. The minimum Gasteiger partial charge on any atom is -0.490 e. The third kappa shape index (κ3) is 3.51. The van der Waals surface area contributed by atoms with Crippen molar-refractivity contribution in [3.05, 3.63) is 23.2 Å². The molecule has 0 spiro atoms. The van der Waals surface area contributed by atoms with Gasteiger partial charge in [0, 0.05) is 23.8 Å². The number of ether oxygens (including phenoxy) is 2. The molecule has 0 N–H and O–H groups in total. The molecule has 0 saturated carbocycles. The van der Waals surface area contributed by atoms with E-state index in [4.69, 9.17) is 14.3 Å². The van der Waals surface area contributed by atoms with Gasteiger partial charge in [-0.2, -0.15) is 0 Å². The fraction of sp³-hybridized carbons (Fsp3) is 0.471. The van der Waals surface area contributed by atoms with E-state index in [0.29, 0.717) is 5.06 Å². The number of methoxy groups -OCH3 is 2. The normalized spacial score (nSPS) is 18.3. The Bertz CT molecular complexity index is 743. The molecule has 26 heavy (non-hydrogen) atoms. The van der Waals surface area contributed by atoms with Crippen molar-refractivity contribution < 1.29 is 38.3 Å². The monoisotopic (exact) mass is 365 g/mol. The summed E-state index contributed by atoms with van der Waals surface area (Å²) >= 11 is 0. The van der Waals surface area contributed by atoms with Gasteiger partial charge in [-0.15, -0.1) is 5.06 Å². The Morgan fingerprint density at radius 3 is 2.08 bits per heavy atom. The fourth-order valence-electron chi connectivity index (χ4n) is 2.73. The lowest BCUT2D eigenvalue weighted by molar-refractivity contribution is -0.198. The molecular formula is C17H19NO8. The Kier molecular flexibility index (Phi) is 5.29. The highest BCUT2D eigenvalue weighted by atomic mass is 16.7. The summed E-state index contributed by atoms with van der Waals surface area (Å²) in [6, 6.07) is 0. The van der Waals surface area contributed by atoms with Gasteiger partial charge in [-0.3, -0.25) is 19.2 Å². The van der Waals surface area contributed by atoms with Gasteiger partial charge < -0.3 is 14.3 Å². The first kappa shape index (κ1) is 19.4. The Balaban J connectivity index is 2.18. The first-order valence-electron chi connectivity index (χ1n) is 7.82. The molecule has 0 aromatic carbocycles. The summed E-state index contributed by atoms with van der Waals surface area (Å²) < 4.78 is 9.87. The van der Waals surface area contributed by atoms with E-state index < -0.39 is 34.8 Å². The van der Waals surface area contributed by atoms with E-state index in [0.717, 1.165) is 6.08 Å². The van der Waals surface area contributed by atoms with Crippen LogP contribution >= 0.6 is 0 Å². The molecule has 9 heteroatoms. The fourth-order valence-corrected chi connectivity index (χ4v) is 2.73. The van der Waals surface area contributed by atoms with E-state index >= 15 is 0 Å². The maximum Gasteiger partial charge on any atom is 0.334 e. The van der Waals surface area contributed by atoms with Crippen LogP contribution in [0, 0.1) is 5.41 Å². The highest BCUT2D eigenvalue weighted by molar-refractivity contribution is 6.21. The molecule has 0 unspecified atom stereocenters. The molecule has 9 nitrogen and oxygen atoms in total. The Morgan fingerprint density at radius 1 is 1.04 bits per heavy atom. The van der Waals surface area contributed by atoms with Crippen molar-refractivity contribution >= 4 is 29.4 Å². The molecule has 0 aromatic heterocycles. The highest BCUT2D eigenvalue weighted by Gasteiger charge is 2.41. The molecule has 1 aliphatic heterocycles. The number of carbonyl (C=O) groups is 5. The summed E-state index contributed by atoms with van der Waals surface area (Å²) in [5.41, 5.74) is -1.07. The third-order valence-corrected chi connectivity index (χ3v) is 4.08. The number of amides is 2. The topological polar surface area (TPSA) is 116 Å². The summed E-state index contributed by atoms with van der Waals surface area (Å²) in [5, 5.41) is 0.435. The molecule has 2 amide bonds. The van der Waals surface area contributed by atoms with Gasteiger partial charge in [-0.1, -0.05) is 13.8 Å². The quantitative estimate of drug-likeness (QED) is 0.496. The number of ketones is 2. The molecular weight excluding hydrogens is 346 g/mol. The van der Waals surface area contributed by atoms with Crippen LogP contribution in [0.4, 0.5) is 0 Å². The molecule has 0 bridgehead atoms. The van der Waals surface area contributed by atoms with Crippen LogP contribution in [0.2, 0.25) is 0 Å². The van der Waals surface area contributed by atoms with Gasteiger partial charge >= 0.3 is 5.97 Å². The zero-order chi connectivity index (χ0) is 19.6. The zero-order valence-corrected chi connectivity index (χ0v) is 14.9. The maximum atomic E-state index is 12.6. The largest absolute Gasteiger partial charge is 0.490 e. The number of hydrogen-bond donors (Lipinski definition) is 0. The van der Waals surface area contributed by atoms with Gasteiger partial charge in [0.2, 0.25) is 23.1 Å². The number of nitrogens with zero attached hydrogens (tertiary/aromatic N) is 1. The van der Waals surface area contributed by atoms with Gasteiger partial charge in [0.05, 0.1) is 20.6 Å². The van der Waals surface area contributed by atoms with E-state index in [-0.39, 0.29) is 36.4 Å². The number of rotatable bonds is 6. The molecule has 140 valence electrons. The van der Waals surface area contributed by atoms with Gasteiger partial charge in [0.15, 0.2) is 0 Å². The van der Waals surface area contributed by atoms with Gasteiger partial charge in [0.1, 0.15) is 0 Å². The Labute approximate surface area is 149 Å². The number of Topliss-reactive ketones (excluding diaryl/α,β-unsaturated/α-hetero) is 1. The van der Waals surface area contributed by atoms with Gasteiger partial charge in [0.25, 0.3) is 11.8 Å². The van der Waals surface area contributed by atoms with Crippen LogP contribution in [-0.2, 0) is 38.3 Å². The molecule has 1 aliphatic carbocycles. The highest BCUT2D eigenvalue weighted by Crippen LogP contribution is 2.36. The van der Waals surface area contributed by atoms with Crippen molar-refractivity contribution in [1.82, 2.24) is 5.06 Å². The van der Waals surface area contributed by atoms with E-state index in [1.165, 1.54) is 14.2 Å². The minimum absolute atomic E-state index is 0.0184. The van der Waals surface area contributed by atoms with E-state index in [1.807, 2.05) is 0 Å². The number of hydrogen-bond acceptors (Lipinski definition) is 8. The van der Waals surface area contributed by atoms with Gasteiger partial charge in [-0.25, -0.2) is 4.79 Å². The first-order chi connectivity index (χ1) is 12.1. The van der Waals surface area contributed by atoms with Crippen LogP contribution in [0.1, 0.15) is 33.1 Å². The summed E-state index contributed by atoms with van der Waals surface area (Å²) in [6.45, 7) is 3.12. The predicted molar refractivity (Wildman–Crippen MR) is 84.7 cm³/mol. The van der Waals surface area contributed by atoms with Crippen molar-refractivity contribution in [2.45, 2.75) is 33.1 Å². The van der Waals surface area contributed by atoms with Crippen LogP contribution in [-0.4, -0.2) is 48.6 Å². The minimum atomic E-state index is -1.11. The van der Waals surface area contributed by atoms with Crippen molar-refractivity contribution in [1.29, 1.82) is 0 Å². The number of allylic oxidation sites excluding steroid dienone is 2. The number of imide groups is 1. The second-order valence-electron chi connectivity index (χ2n) is 6.42. The summed E-state index contributed by atoms with van der Waals surface area (Å²) in [4.78, 5) is 64.7.